The molecule has 5 nitrogen and oxygen atoms in total. The summed E-state index contributed by atoms with van der Waals surface area (Å²) in [6.45, 7) is 0.542. The highest BCUT2D eigenvalue weighted by Gasteiger charge is 2.34. The minimum atomic E-state index is -4.77. The maximum Gasteiger partial charge on any atom is 0.418 e. The summed E-state index contributed by atoms with van der Waals surface area (Å²) >= 11 is 0. The lowest BCUT2D eigenvalue weighted by molar-refractivity contribution is -0.137. The van der Waals surface area contributed by atoms with Gasteiger partial charge in [0.1, 0.15) is 5.82 Å². The maximum atomic E-state index is 12.9. The van der Waals surface area contributed by atoms with Crippen LogP contribution in [-0.4, -0.2) is 37.5 Å². The third kappa shape index (κ3) is 6.27. The molecule has 0 aliphatic heterocycles. The standard InChI is InChI=1S/C13H16F4N2O3/c14-9-2-3-11(10(8-9)13(15,16)17)19-12(21)18-4-1-6-22-7-5-20/h2-3,8,20H,1,4-7H2,(H2,18,19,21). The van der Waals surface area contributed by atoms with Crippen molar-refractivity contribution in [2.45, 2.75) is 12.6 Å². The molecule has 0 fully saturated rings. The minimum Gasteiger partial charge on any atom is -0.394 e. The lowest BCUT2D eigenvalue weighted by atomic mass is 10.1. The monoisotopic (exact) mass is 324 g/mol. The van der Waals surface area contributed by atoms with Gasteiger partial charge in [-0.3, -0.25) is 0 Å². The van der Waals surface area contributed by atoms with Crippen molar-refractivity contribution >= 4 is 11.7 Å². The Morgan fingerprint density at radius 2 is 2.00 bits per heavy atom. The predicted molar refractivity (Wildman–Crippen MR) is 70.9 cm³/mol. The first kappa shape index (κ1) is 18.2. The van der Waals surface area contributed by atoms with Crippen LogP contribution in [0.3, 0.4) is 0 Å². The first-order valence-corrected chi connectivity index (χ1v) is 6.45. The molecule has 9 heteroatoms. The van der Waals surface area contributed by atoms with Crippen LogP contribution >= 0.6 is 0 Å². The van der Waals surface area contributed by atoms with Crippen LogP contribution in [0.1, 0.15) is 12.0 Å². The van der Waals surface area contributed by atoms with E-state index < -0.39 is 29.3 Å². The molecular formula is C13H16F4N2O3. The summed E-state index contributed by atoms with van der Waals surface area (Å²) in [5.74, 6) is -1.04. The van der Waals surface area contributed by atoms with Gasteiger partial charge in [0.25, 0.3) is 0 Å². The quantitative estimate of drug-likeness (QED) is 0.533. The average molecular weight is 324 g/mol. The number of nitrogens with one attached hydrogen (secondary N) is 2. The second kappa shape index (κ2) is 8.54. The molecule has 0 atom stereocenters. The molecular weight excluding hydrogens is 308 g/mol. The van der Waals surface area contributed by atoms with E-state index in [-0.39, 0.29) is 19.8 Å². The summed E-state index contributed by atoms with van der Waals surface area (Å²) in [6, 6.07) is 1.16. The topological polar surface area (TPSA) is 70.6 Å². The SMILES string of the molecule is O=C(NCCCOCCO)Nc1ccc(F)cc1C(F)(F)F. The van der Waals surface area contributed by atoms with Crippen molar-refractivity contribution in [1.29, 1.82) is 0 Å². The number of benzene rings is 1. The zero-order chi connectivity index (χ0) is 16.6. The van der Waals surface area contributed by atoms with E-state index in [2.05, 4.69) is 5.32 Å². The molecule has 0 heterocycles. The first-order valence-electron chi connectivity index (χ1n) is 6.45. The predicted octanol–water partition coefficient (Wildman–Crippen LogP) is 2.37. The third-order valence-electron chi connectivity index (χ3n) is 2.52. The molecule has 0 aliphatic rings. The van der Waals surface area contributed by atoms with Crippen LogP contribution in [0.4, 0.5) is 28.0 Å². The van der Waals surface area contributed by atoms with E-state index >= 15 is 0 Å². The van der Waals surface area contributed by atoms with E-state index in [1.54, 1.807) is 0 Å². The van der Waals surface area contributed by atoms with Gasteiger partial charge in [-0.25, -0.2) is 9.18 Å². The lowest BCUT2D eigenvalue weighted by Gasteiger charge is -2.14. The van der Waals surface area contributed by atoms with Gasteiger partial charge in [0.05, 0.1) is 24.5 Å². The number of aliphatic hydroxyl groups excluding tert-OH is 1. The summed E-state index contributed by atoms with van der Waals surface area (Å²) in [5, 5.41) is 12.8. The van der Waals surface area contributed by atoms with Crippen molar-refractivity contribution < 1.29 is 32.2 Å². The number of carbonyl (C=O) groups is 1. The Kier molecular flexibility index (Phi) is 7.06. The molecule has 0 aliphatic carbocycles. The van der Waals surface area contributed by atoms with E-state index in [0.717, 1.165) is 12.1 Å². The fraction of sp³-hybridized carbons (Fsp3) is 0.462. The molecule has 3 N–H and O–H groups in total. The van der Waals surface area contributed by atoms with Gasteiger partial charge in [-0.15, -0.1) is 0 Å². The third-order valence-corrected chi connectivity index (χ3v) is 2.52. The van der Waals surface area contributed by atoms with Gasteiger partial charge >= 0.3 is 12.2 Å². The molecule has 0 spiro atoms. The molecule has 1 rings (SSSR count). The Hall–Kier alpha value is -1.87. The van der Waals surface area contributed by atoms with Crippen molar-refractivity contribution in [1.82, 2.24) is 5.32 Å². The van der Waals surface area contributed by atoms with Crippen LogP contribution in [0.25, 0.3) is 0 Å². The summed E-state index contributed by atoms with van der Waals surface area (Å²) in [7, 11) is 0. The van der Waals surface area contributed by atoms with Gasteiger partial charge in [-0.1, -0.05) is 0 Å². The van der Waals surface area contributed by atoms with Crippen LogP contribution in [0.5, 0.6) is 0 Å². The van der Waals surface area contributed by atoms with Crippen LogP contribution in [-0.2, 0) is 10.9 Å². The fourth-order valence-corrected chi connectivity index (χ4v) is 1.57. The van der Waals surface area contributed by atoms with Crippen molar-refractivity contribution in [3.63, 3.8) is 0 Å². The Labute approximate surface area is 124 Å². The number of anilines is 1. The van der Waals surface area contributed by atoms with E-state index in [0.29, 0.717) is 19.1 Å². The molecule has 22 heavy (non-hydrogen) atoms. The molecule has 2 amide bonds. The second-order valence-electron chi connectivity index (χ2n) is 4.26. The number of aliphatic hydroxyl groups is 1. The van der Waals surface area contributed by atoms with Crippen LogP contribution < -0.4 is 10.6 Å². The van der Waals surface area contributed by atoms with Crippen molar-refractivity contribution in [2.75, 3.05) is 31.7 Å². The van der Waals surface area contributed by atoms with E-state index in [4.69, 9.17) is 9.84 Å². The molecule has 124 valence electrons. The Bertz CT molecular complexity index is 495. The molecule has 0 saturated carbocycles. The van der Waals surface area contributed by atoms with Gasteiger partial charge < -0.3 is 20.5 Å². The number of halogens is 4. The normalized spacial score (nSPS) is 11.3. The van der Waals surface area contributed by atoms with Gasteiger partial charge in [0.15, 0.2) is 0 Å². The number of urea groups is 1. The van der Waals surface area contributed by atoms with Crippen LogP contribution in [0.15, 0.2) is 18.2 Å². The largest absolute Gasteiger partial charge is 0.418 e. The smallest absolute Gasteiger partial charge is 0.394 e. The van der Waals surface area contributed by atoms with Crippen LogP contribution in [0.2, 0.25) is 0 Å². The number of rotatable bonds is 7. The van der Waals surface area contributed by atoms with Crippen molar-refractivity contribution in [2.24, 2.45) is 0 Å². The fourth-order valence-electron chi connectivity index (χ4n) is 1.57. The van der Waals surface area contributed by atoms with Gasteiger partial charge in [-0.05, 0) is 24.6 Å². The van der Waals surface area contributed by atoms with Gasteiger partial charge in [0, 0.05) is 13.2 Å². The molecule has 0 saturated heterocycles. The number of hydrogen-bond donors (Lipinski definition) is 3. The maximum absolute atomic E-state index is 12.9. The van der Waals surface area contributed by atoms with E-state index in [1.807, 2.05) is 5.32 Å². The average Bonchev–Trinajstić information content (AvgIpc) is 2.43. The zero-order valence-corrected chi connectivity index (χ0v) is 11.5. The molecule has 0 radical (unpaired) electrons. The minimum absolute atomic E-state index is 0.112. The Morgan fingerprint density at radius 3 is 2.64 bits per heavy atom. The van der Waals surface area contributed by atoms with Crippen molar-refractivity contribution in [3.05, 3.63) is 29.6 Å². The second-order valence-corrected chi connectivity index (χ2v) is 4.26. The number of hydrogen-bond acceptors (Lipinski definition) is 3. The highest BCUT2D eigenvalue weighted by atomic mass is 19.4. The molecule has 0 unspecified atom stereocenters. The van der Waals surface area contributed by atoms with E-state index in [9.17, 15) is 22.4 Å². The number of amides is 2. The van der Waals surface area contributed by atoms with Crippen molar-refractivity contribution in [3.8, 4) is 0 Å². The zero-order valence-electron chi connectivity index (χ0n) is 11.5. The van der Waals surface area contributed by atoms with E-state index in [1.165, 1.54) is 0 Å². The number of carbonyl (C=O) groups excluding carboxylic acids is 1. The van der Waals surface area contributed by atoms with Crippen LogP contribution in [0, 0.1) is 5.82 Å². The van der Waals surface area contributed by atoms with Gasteiger partial charge in [-0.2, -0.15) is 13.2 Å². The molecule has 0 bridgehead atoms. The summed E-state index contributed by atoms with van der Waals surface area (Å²) in [4.78, 5) is 11.5. The Morgan fingerprint density at radius 1 is 1.27 bits per heavy atom. The van der Waals surface area contributed by atoms with Gasteiger partial charge in [0.2, 0.25) is 0 Å². The number of alkyl halides is 3. The summed E-state index contributed by atoms with van der Waals surface area (Å²) in [6.07, 6.45) is -4.34. The highest BCUT2D eigenvalue weighted by Crippen LogP contribution is 2.35. The summed E-state index contributed by atoms with van der Waals surface area (Å²) < 4.78 is 56.0. The number of ether oxygens (including phenoxy) is 1. The lowest BCUT2D eigenvalue weighted by Crippen LogP contribution is -2.31. The molecule has 0 aromatic heterocycles. The highest BCUT2D eigenvalue weighted by molar-refractivity contribution is 5.90. The Balaban J connectivity index is 2.51. The molecule has 1 aromatic rings. The first-order chi connectivity index (χ1) is 10.3. The molecule has 1 aromatic carbocycles. The summed E-state index contributed by atoms with van der Waals surface area (Å²) in [5.41, 5.74) is -1.78.